The van der Waals surface area contributed by atoms with Gasteiger partial charge in [0.1, 0.15) is 6.10 Å². The van der Waals surface area contributed by atoms with Crippen LogP contribution < -0.4 is 10.5 Å². The van der Waals surface area contributed by atoms with Crippen molar-refractivity contribution in [1.82, 2.24) is 4.98 Å². The van der Waals surface area contributed by atoms with Crippen molar-refractivity contribution in [3.8, 4) is 5.88 Å². The summed E-state index contributed by atoms with van der Waals surface area (Å²) in [6.07, 6.45) is 5.96. The van der Waals surface area contributed by atoms with Crippen LogP contribution in [-0.4, -0.2) is 11.1 Å². The van der Waals surface area contributed by atoms with E-state index in [1.807, 2.05) is 0 Å². The van der Waals surface area contributed by atoms with Crippen molar-refractivity contribution in [1.29, 1.82) is 0 Å². The molecule has 1 aromatic heterocycles. The van der Waals surface area contributed by atoms with Crippen molar-refractivity contribution >= 4 is 0 Å². The van der Waals surface area contributed by atoms with E-state index >= 15 is 0 Å². The first-order valence-electron chi connectivity index (χ1n) is 5.31. The lowest BCUT2D eigenvalue weighted by atomic mass is 10.2. The molecular weight excluding hydrogens is 195 g/mol. The quantitative estimate of drug-likeness (QED) is 0.830. The van der Waals surface area contributed by atoms with E-state index in [1.54, 1.807) is 6.07 Å². The third kappa shape index (κ3) is 2.26. The molecule has 2 rings (SSSR count). The minimum Gasteiger partial charge on any atom is -0.472 e. The Morgan fingerprint density at radius 1 is 1.47 bits per heavy atom. The van der Waals surface area contributed by atoms with Crippen molar-refractivity contribution in [2.24, 2.45) is 5.73 Å². The van der Waals surface area contributed by atoms with E-state index in [4.69, 9.17) is 10.5 Å². The Morgan fingerprint density at radius 2 is 2.20 bits per heavy atom. The van der Waals surface area contributed by atoms with Gasteiger partial charge in [-0.3, -0.25) is 0 Å². The Balaban J connectivity index is 2.13. The Hall–Kier alpha value is -1.16. The molecule has 0 spiro atoms. The third-order valence-corrected chi connectivity index (χ3v) is 2.74. The van der Waals surface area contributed by atoms with Crippen molar-refractivity contribution < 1.29 is 9.13 Å². The zero-order chi connectivity index (χ0) is 10.7. The SMILES string of the molecule is NCc1ccnc(OC2CCCC2)c1F. The number of ether oxygens (including phenoxy) is 1. The molecule has 0 aromatic carbocycles. The predicted octanol–water partition coefficient (Wildman–Crippen LogP) is 2.00. The molecule has 2 N–H and O–H groups in total. The van der Waals surface area contributed by atoms with Gasteiger partial charge in [0, 0.05) is 18.3 Å². The molecule has 82 valence electrons. The molecule has 1 aliphatic rings. The highest BCUT2D eigenvalue weighted by Crippen LogP contribution is 2.25. The molecule has 0 radical (unpaired) electrons. The molecule has 1 fully saturated rings. The molecule has 1 aliphatic carbocycles. The summed E-state index contributed by atoms with van der Waals surface area (Å²) in [6, 6.07) is 1.58. The fraction of sp³-hybridized carbons (Fsp3) is 0.545. The standard InChI is InChI=1S/C11H15FN2O/c12-10-8(7-13)5-6-14-11(10)15-9-3-1-2-4-9/h5-6,9H,1-4,7,13H2. The van der Waals surface area contributed by atoms with Crippen LogP contribution in [0.3, 0.4) is 0 Å². The van der Waals surface area contributed by atoms with Gasteiger partial charge < -0.3 is 10.5 Å². The fourth-order valence-corrected chi connectivity index (χ4v) is 1.87. The first-order chi connectivity index (χ1) is 7.31. The lowest BCUT2D eigenvalue weighted by Crippen LogP contribution is -2.14. The molecule has 0 bridgehead atoms. The number of hydrogen-bond acceptors (Lipinski definition) is 3. The van der Waals surface area contributed by atoms with Crippen LogP contribution in [0.2, 0.25) is 0 Å². The first kappa shape index (κ1) is 10.4. The molecule has 3 nitrogen and oxygen atoms in total. The lowest BCUT2D eigenvalue weighted by Gasteiger charge is -2.13. The van der Waals surface area contributed by atoms with Crippen LogP contribution in [0.1, 0.15) is 31.2 Å². The molecule has 0 amide bonds. The average Bonchev–Trinajstić information content (AvgIpc) is 2.74. The van der Waals surface area contributed by atoms with Crippen LogP contribution >= 0.6 is 0 Å². The minimum absolute atomic E-state index is 0.102. The van der Waals surface area contributed by atoms with Crippen molar-refractivity contribution in [3.63, 3.8) is 0 Å². The molecule has 0 saturated heterocycles. The number of halogens is 1. The van der Waals surface area contributed by atoms with Crippen LogP contribution in [0.5, 0.6) is 5.88 Å². The average molecular weight is 210 g/mol. The normalized spacial score (nSPS) is 16.9. The minimum atomic E-state index is -0.410. The van der Waals surface area contributed by atoms with Crippen LogP contribution in [0.15, 0.2) is 12.3 Å². The summed E-state index contributed by atoms with van der Waals surface area (Å²) in [5.74, 6) is -0.309. The first-order valence-corrected chi connectivity index (χ1v) is 5.31. The molecule has 0 aliphatic heterocycles. The molecule has 1 aromatic rings. The van der Waals surface area contributed by atoms with E-state index in [0.717, 1.165) is 25.7 Å². The smallest absolute Gasteiger partial charge is 0.250 e. The monoisotopic (exact) mass is 210 g/mol. The second-order valence-corrected chi connectivity index (χ2v) is 3.82. The van der Waals surface area contributed by atoms with Gasteiger partial charge in [0.05, 0.1) is 0 Å². The summed E-state index contributed by atoms with van der Waals surface area (Å²) in [5, 5.41) is 0. The summed E-state index contributed by atoms with van der Waals surface area (Å²) < 4.78 is 19.2. The largest absolute Gasteiger partial charge is 0.472 e. The van der Waals surface area contributed by atoms with E-state index < -0.39 is 5.82 Å². The highest BCUT2D eigenvalue weighted by Gasteiger charge is 2.19. The van der Waals surface area contributed by atoms with Gasteiger partial charge in [-0.2, -0.15) is 0 Å². The van der Waals surface area contributed by atoms with E-state index in [2.05, 4.69) is 4.98 Å². The van der Waals surface area contributed by atoms with Gasteiger partial charge >= 0.3 is 0 Å². The molecular formula is C11H15FN2O. The van der Waals surface area contributed by atoms with Gasteiger partial charge in [0.2, 0.25) is 0 Å². The maximum Gasteiger partial charge on any atom is 0.250 e. The van der Waals surface area contributed by atoms with Crippen LogP contribution in [0, 0.1) is 5.82 Å². The Labute approximate surface area is 88.5 Å². The van der Waals surface area contributed by atoms with E-state index in [-0.39, 0.29) is 18.5 Å². The Bertz CT molecular complexity index is 337. The van der Waals surface area contributed by atoms with E-state index in [1.165, 1.54) is 6.20 Å². The number of nitrogens with zero attached hydrogens (tertiary/aromatic N) is 1. The second-order valence-electron chi connectivity index (χ2n) is 3.82. The van der Waals surface area contributed by atoms with E-state index in [0.29, 0.717) is 5.56 Å². The maximum absolute atomic E-state index is 13.7. The topological polar surface area (TPSA) is 48.1 Å². The third-order valence-electron chi connectivity index (χ3n) is 2.74. The number of hydrogen-bond donors (Lipinski definition) is 1. The molecule has 0 atom stereocenters. The van der Waals surface area contributed by atoms with Crippen LogP contribution in [0.4, 0.5) is 4.39 Å². The summed E-state index contributed by atoms with van der Waals surface area (Å²) in [4.78, 5) is 3.90. The molecule has 1 saturated carbocycles. The van der Waals surface area contributed by atoms with Gasteiger partial charge in [0.25, 0.3) is 5.88 Å². The maximum atomic E-state index is 13.7. The van der Waals surface area contributed by atoms with E-state index in [9.17, 15) is 4.39 Å². The molecule has 4 heteroatoms. The Kier molecular flexibility index (Phi) is 3.16. The molecule has 1 heterocycles. The highest BCUT2D eigenvalue weighted by molar-refractivity contribution is 5.23. The summed E-state index contributed by atoms with van der Waals surface area (Å²) in [5.41, 5.74) is 5.86. The zero-order valence-corrected chi connectivity index (χ0v) is 8.58. The summed E-state index contributed by atoms with van der Waals surface area (Å²) in [7, 11) is 0. The van der Waals surface area contributed by atoms with Gasteiger partial charge in [-0.05, 0) is 31.7 Å². The second kappa shape index (κ2) is 4.57. The number of rotatable bonds is 3. The van der Waals surface area contributed by atoms with Gasteiger partial charge in [0.15, 0.2) is 5.82 Å². The predicted molar refractivity (Wildman–Crippen MR) is 55.0 cm³/mol. The summed E-state index contributed by atoms with van der Waals surface area (Å²) in [6.45, 7) is 0.176. The van der Waals surface area contributed by atoms with Crippen LogP contribution in [0.25, 0.3) is 0 Å². The fourth-order valence-electron chi connectivity index (χ4n) is 1.87. The number of aromatic nitrogens is 1. The highest BCUT2D eigenvalue weighted by atomic mass is 19.1. The van der Waals surface area contributed by atoms with Crippen molar-refractivity contribution in [3.05, 3.63) is 23.6 Å². The number of nitrogens with two attached hydrogens (primary N) is 1. The van der Waals surface area contributed by atoms with Crippen molar-refractivity contribution in [2.75, 3.05) is 0 Å². The summed E-state index contributed by atoms with van der Waals surface area (Å²) >= 11 is 0. The van der Waals surface area contributed by atoms with Crippen molar-refractivity contribution in [2.45, 2.75) is 38.3 Å². The Morgan fingerprint density at radius 3 is 2.87 bits per heavy atom. The number of pyridine rings is 1. The van der Waals surface area contributed by atoms with Gasteiger partial charge in [-0.1, -0.05) is 0 Å². The molecule has 15 heavy (non-hydrogen) atoms. The van der Waals surface area contributed by atoms with Gasteiger partial charge in [-0.25, -0.2) is 9.37 Å². The van der Waals surface area contributed by atoms with Gasteiger partial charge in [-0.15, -0.1) is 0 Å². The molecule has 0 unspecified atom stereocenters. The van der Waals surface area contributed by atoms with Crippen LogP contribution in [-0.2, 0) is 6.54 Å². The zero-order valence-electron chi connectivity index (χ0n) is 8.58. The lowest BCUT2D eigenvalue weighted by molar-refractivity contribution is 0.191.